The number of rotatable bonds is 5. The van der Waals surface area contributed by atoms with E-state index in [1.165, 1.54) is 11.3 Å². The van der Waals surface area contributed by atoms with Crippen LogP contribution in [0, 0.1) is 0 Å². The minimum atomic E-state index is 0.916. The average Bonchev–Trinajstić information content (AvgIpc) is 2.99. The molecule has 1 aromatic heterocycles. The maximum atomic E-state index is 4.86. The molecule has 1 aliphatic rings. The Bertz CT molecular complexity index is 584. The molecule has 0 atom stereocenters. The van der Waals surface area contributed by atoms with Gasteiger partial charge in [0.05, 0.1) is 12.2 Å². The SMILES string of the molecule is CN(C)CCn1cc(N2CCNCC2)c(-c2ccccc2)n1. The minimum Gasteiger partial charge on any atom is -0.366 e. The molecule has 5 nitrogen and oxygen atoms in total. The molecule has 1 N–H and O–H groups in total. The number of hydrogen-bond acceptors (Lipinski definition) is 4. The number of nitrogens with one attached hydrogen (secondary N) is 1. The highest BCUT2D eigenvalue weighted by Gasteiger charge is 2.19. The molecule has 1 aromatic carbocycles. The van der Waals surface area contributed by atoms with Crippen molar-refractivity contribution in [3.8, 4) is 11.3 Å². The van der Waals surface area contributed by atoms with E-state index in [-0.39, 0.29) is 0 Å². The first-order valence-corrected chi connectivity index (χ1v) is 7.97. The van der Waals surface area contributed by atoms with Crippen LogP contribution in [-0.4, -0.2) is 61.5 Å². The molecule has 5 heteroatoms. The van der Waals surface area contributed by atoms with Gasteiger partial charge >= 0.3 is 0 Å². The van der Waals surface area contributed by atoms with Gasteiger partial charge in [0.25, 0.3) is 0 Å². The molecule has 1 fully saturated rings. The van der Waals surface area contributed by atoms with Crippen molar-refractivity contribution in [2.45, 2.75) is 6.54 Å². The Morgan fingerprint density at radius 2 is 1.86 bits per heavy atom. The van der Waals surface area contributed by atoms with Crippen LogP contribution in [0.4, 0.5) is 5.69 Å². The average molecular weight is 299 g/mol. The maximum absolute atomic E-state index is 4.86. The maximum Gasteiger partial charge on any atom is 0.116 e. The number of nitrogens with zero attached hydrogens (tertiary/aromatic N) is 4. The summed E-state index contributed by atoms with van der Waals surface area (Å²) >= 11 is 0. The summed E-state index contributed by atoms with van der Waals surface area (Å²) in [5.41, 5.74) is 3.55. The molecule has 0 saturated carbocycles. The van der Waals surface area contributed by atoms with Crippen LogP contribution >= 0.6 is 0 Å². The highest BCUT2D eigenvalue weighted by molar-refractivity contribution is 5.74. The summed E-state index contributed by atoms with van der Waals surface area (Å²) in [5, 5.41) is 8.27. The standard InChI is InChI=1S/C17H25N5/c1-20(2)12-13-22-14-16(21-10-8-18-9-11-21)17(19-22)15-6-4-3-5-7-15/h3-7,14,18H,8-13H2,1-2H3. The Hall–Kier alpha value is -1.85. The first-order chi connectivity index (χ1) is 10.7. The summed E-state index contributed by atoms with van der Waals surface area (Å²) in [5.74, 6) is 0. The minimum absolute atomic E-state index is 0.916. The van der Waals surface area contributed by atoms with Crippen molar-refractivity contribution in [3.63, 3.8) is 0 Å². The van der Waals surface area contributed by atoms with Gasteiger partial charge in [-0.25, -0.2) is 0 Å². The van der Waals surface area contributed by atoms with Crippen molar-refractivity contribution in [1.82, 2.24) is 20.0 Å². The lowest BCUT2D eigenvalue weighted by Crippen LogP contribution is -2.43. The second kappa shape index (κ2) is 6.94. The Labute approximate surface area is 132 Å². The van der Waals surface area contributed by atoms with Crippen molar-refractivity contribution in [1.29, 1.82) is 0 Å². The van der Waals surface area contributed by atoms with Gasteiger partial charge in [0, 0.05) is 44.5 Å². The highest BCUT2D eigenvalue weighted by Crippen LogP contribution is 2.29. The number of piperazine rings is 1. The second-order valence-electron chi connectivity index (χ2n) is 6.03. The van der Waals surface area contributed by atoms with Gasteiger partial charge in [-0.1, -0.05) is 30.3 Å². The Balaban J connectivity index is 1.91. The largest absolute Gasteiger partial charge is 0.366 e. The number of hydrogen-bond donors (Lipinski definition) is 1. The van der Waals surface area contributed by atoms with Gasteiger partial charge in [-0.2, -0.15) is 5.10 Å². The van der Waals surface area contributed by atoms with Crippen LogP contribution in [0.2, 0.25) is 0 Å². The van der Waals surface area contributed by atoms with Crippen LogP contribution < -0.4 is 10.2 Å². The third-order valence-corrected chi connectivity index (χ3v) is 4.02. The lowest BCUT2D eigenvalue weighted by Gasteiger charge is -2.29. The van der Waals surface area contributed by atoms with E-state index < -0.39 is 0 Å². The number of likely N-dealkylation sites (N-methyl/N-ethyl adjacent to an activating group) is 1. The van der Waals surface area contributed by atoms with Crippen LogP contribution in [0.5, 0.6) is 0 Å². The summed E-state index contributed by atoms with van der Waals surface area (Å²) < 4.78 is 2.08. The van der Waals surface area contributed by atoms with Gasteiger partial charge in [-0.05, 0) is 14.1 Å². The highest BCUT2D eigenvalue weighted by atomic mass is 15.3. The Morgan fingerprint density at radius 3 is 2.55 bits per heavy atom. The molecule has 0 radical (unpaired) electrons. The molecule has 0 amide bonds. The summed E-state index contributed by atoms with van der Waals surface area (Å²) in [4.78, 5) is 4.63. The molecule has 2 heterocycles. The fraction of sp³-hybridized carbons (Fsp3) is 0.471. The summed E-state index contributed by atoms with van der Waals surface area (Å²) in [7, 11) is 4.19. The molecule has 1 saturated heterocycles. The quantitative estimate of drug-likeness (QED) is 0.908. The van der Waals surface area contributed by atoms with E-state index >= 15 is 0 Å². The zero-order chi connectivity index (χ0) is 15.4. The van der Waals surface area contributed by atoms with E-state index in [0.717, 1.165) is 45.0 Å². The molecular formula is C17H25N5. The molecule has 1 aliphatic heterocycles. The van der Waals surface area contributed by atoms with Crippen molar-refractivity contribution in [3.05, 3.63) is 36.5 Å². The summed E-state index contributed by atoms with van der Waals surface area (Å²) in [6.45, 7) is 6.07. The summed E-state index contributed by atoms with van der Waals surface area (Å²) in [6, 6.07) is 10.5. The third-order valence-electron chi connectivity index (χ3n) is 4.02. The lowest BCUT2D eigenvalue weighted by atomic mass is 10.1. The molecule has 2 aromatic rings. The molecule has 22 heavy (non-hydrogen) atoms. The number of anilines is 1. The number of aromatic nitrogens is 2. The smallest absolute Gasteiger partial charge is 0.116 e. The summed E-state index contributed by atoms with van der Waals surface area (Å²) in [6.07, 6.45) is 2.21. The van der Waals surface area contributed by atoms with Crippen LogP contribution in [0.25, 0.3) is 11.3 Å². The third kappa shape index (κ3) is 3.48. The molecule has 3 rings (SSSR count). The van der Waals surface area contributed by atoms with Crippen molar-refractivity contribution in [2.24, 2.45) is 0 Å². The Morgan fingerprint density at radius 1 is 1.14 bits per heavy atom. The predicted molar refractivity (Wildman–Crippen MR) is 91.3 cm³/mol. The van der Waals surface area contributed by atoms with E-state index in [1.54, 1.807) is 0 Å². The molecule has 0 bridgehead atoms. The van der Waals surface area contributed by atoms with E-state index in [9.17, 15) is 0 Å². The first-order valence-electron chi connectivity index (χ1n) is 7.97. The second-order valence-corrected chi connectivity index (χ2v) is 6.03. The Kier molecular flexibility index (Phi) is 4.75. The van der Waals surface area contributed by atoms with E-state index in [4.69, 9.17) is 5.10 Å². The van der Waals surface area contributed by atoms with Crippen molar-refractivity contribution >= 4 is 5.69 Å². The molecule has 0 aliphatic carbocycles. The number of benzene rings is 1. The molecule has 118 valence electrons. The lowest BCUT2D eigenvalue weighted by molar-refractivity contribution is 0.373. The monoisotopic (exact) mass is 299 g/mol. The fourth-order valence-corrected chi connectivity index (χ4v) is 2.77. The van der Waals surface area contributed by atoms with Gasteiger partial charge in [0.15, 0.2) is 0 Å². The van der Waals surface area contributed by atoms with Crippen molar-refractivity contribution < 1.29 is 0 Å². The van der Waals surface area contributed by atoms with Gasteiger partial charge in [-0.15, -0.1) is 0 Å². The fourth-order valence-electron chi connectivity index (χ4n) is 2.77. The van der Waals surface area contributed by atoms with Gasteiger partial charge in [0.1, 0.15) is 5.69 Å². The van der Waals surface area contributed by atoms with E-state index in [0.29, 0.717) is 0 Å². The van der Waals surface area contributed by atoms with E-state index in [1.807, 2.05) is 0 Å². The zero-order valence-corrected chi connectivity index (χ0v) is 13.5. The zero-order valence-electron chi connectivity index (χ0n) is 13.5. The van der Waals surface area contributed by atoms with Gasteiger partial charge in [-0.3, -0.25) is 4.68 Å². The molecule has 0 unspecified atom stereocenters. The molecule has 0 spiro atoms. The first kappa shape index (κ1) is 15.1. The van der Waals surface area contributed by atoms with Crippen LogP contribution in [-0.2, 0) is 6.54 Å². The topological polar surface area (TPSA) is 36.3 Å². The van der Waals surface area contributed by atoms with Gasteiger partial charge in [0.2, 0.25) is 0 Å². The van der Waals surface area contributed by atoms with Crippen LogP contribution in [0.1, 0.15) is 0 Å². The van der Waals surface area contributed by atoms with E-state index in [2.05, 4.69) is 70.4 Å². The van der Waals surface area contributed by atoms with Crippen LogP contribution in [0.15, 0.2) is 36.5 Å². The van der Waals surface area contributed by atoms with Crippen molar-refractivity contribution in [2.75, 3.05) is 51.7 Å². The van der Waals surface area contributed by atoms with Crippen LogP contribution in [0.3, 0.4) is 0 Å². The molecular weight excluding hydrogens is 274 g/mol. The normalized spacial score (nSPS) is 15.5. The van der Waals surface area contributed by atoms with Gasteiger partial charge < -0.3 is 15.1 Å². The predicted octanol–water partition coefficient (Wildman–Crippen LogP) is 1.52.